The van der Waals surface area contributed by atoms with E-state index in [1.54, 1.807) is 0 Å². The van der Waals surface area contributed by atoms with Crippen LogP contribution in [0.25, 0.3) is 0 Å². The molecule has 0 aromatic carbocycles. The molecule has 0 amide bonds. The maximum absolute atomic E-state index is 9.34. The van der Waals surface area contributed by atoms with E-state index in [2.05, 4.69) is 10.2 Å². The van der Waals surface area contributed by atoms with E-state index in [1.165, 1.54) is 12.8 Å². The van der Waals surface area contributed by atoms with E-state index in [0.29, 0.717) is 12.6 Å². The molecule has 2 aliphatic heterocycles. The second-order valence-electron chi connectivity index (χ2n) is 4.52. The van der Waals surface area contributed by atoms with Crippen molar-refractivity contribution in [3.63, 3.8) is 0 Å². The number of fused-ring (bicyclic) bond motifs is 1. The van der Waals surface area contributed by atoms with Crippen LogP contribution in [0.2, 0.25) is 0 Å². The van der Waals surface area contributed by atoms with Gasteiger partial charge in [0.15, 0.2) is 0 Å². The molecule has 0 bridgehead atoms. The highest BCUT2D eigenvalue weighted by Gasteiger charge is 2.34. The molecule has 0 aromatic heterocycles. The van der Waals surface area contributed by atoms with Crippen LogP contribution in [0.1, 0.15) is 12.8 Å². The van der Waals surface area contributed by atoms with Gasteiger partial charge in [0.2, 0.25) is 0 Å². The largest absolute Gasteiger partial charge is 0.394 e. The average molecular weight is 200 g/mol. The molecule has 2 saturated heterocycles. The Balaban J connectivity index is 1.80. The highest BCUT2D eigenvalue weighted by molar-refractivity contribution is 4.92. The fourth-order valence-electron chi connectivity index (χ4n) is 2.64. The van der Waals surface area contributed by atoms with Crippen LogP contribution in [0.4, 0.5) is 0 Å². The smallest absolute Gasteiger partial charge is 0.0897 e. The summed E-state index contributed by atoms with van der Waals surface area (Å²) in [7, 11) is 0. The lowest BCUT2D eigenvalue weighted by Crippen LogP contribution is -2.41. The Bertz CT molecular complexity index is 175. The fraction of sp³-hybridized carbons (Fsp3) is 1.00. The van der Waals surface area contributed by atoms with E-state index in [0.717, 1.165) is 25.6 Å². The predicted molar refractivity (Wildman–Crippen MR) is 54.0 cm³/mol. The van der Waals surface area contributed by atoms with Crippen LogP contribution in [0, 0.1) is 5.92 Å². The minimum atomic E-state index is -0.574. The normalized spacial score (nSPS) is 35.6. The molecule has 2 aliphatic rings. The van der Waals surface area contributed by atoms with Crippen molar-refractivity contribution in [2.45, 2.75) is 25.0 Å². The topological polar surface area (TPSA) is 55.7 Å². The molecule has 3 unspecified atom stereocenters. The number of nitrogens with one attached hydrogen (secondary N) is 1. The van der Waals surface area contributed by atoms with Crippen molar-refractivity contribution in [3.05, 3.63) is 0 Å². The average Bonchev–Trinajstić information content (AvgIpc) is 2.59. The van der Waals surface area contributed by atoms with Gasteiger partial charge in [-0.3, -0.25) is 4.90 Å². The van der Waals surface area contributed by atoms with Crippen LogP contribution in [-0.2, 0) is 0 Å². The molecule has 0 aromatic rings. The molecule has 2 heterocycles. The van der Waals surface area contributed by atoms with Gasteiger partial charge in [-0.1, -0.05) is 0 Å². The second-order valence-corrected chi connectivity index (χ2v) is 4.52. The molecule has 2 fully saturated rings. The van der Waals surface area contributed by atoms with E-state index in [1.807, 2.05) is 0 Å². The van der Waals surface area contributed by atoms with Gasteiger partial charge in [0.05, 0.1) is 12.7 Å². The lowest BCUT2D eigenvalue weighted by Gasteiger charge is -2.24. The Kier molecular flexibility index (Phi) is 3.38. The van der Waals surface area contributed by atoms with Crippen LogP contribution >= 0.6 is 0 Å². The van der Waals surface area contributed by atoms with Crippen molar-refractivity contribution in [1.29, 1.82) is 0 Å². The van der Waals surface area contributed by atoms with Gasteiger partial charge in [-0.25, -0.2) is 0 Å². The summed E-state index contributed by atoms with van der Waals surface area (Å²) in [6.07, 6.45) is 2.01. The molecule has 3 N–H and O–H groups in total. The molecular weight excluding hydrogens is 180 g/mol. The van der Waals surface area contributed by atoms with Gasteiger partial charge in [0.25, 0.3) is 0 Å². The molecule has 0 radical (unpaired) electrons. The molecule has 0 saturated carbocycles. The Morgan fingerprint density at radius 2 is 2.29 bits per heavy atom. The van der Waals surface area contributed by atoms with Gasteiger partial charge in [-0.15, -0.1) is 0 Å². The van der Waals surface area contributed by atoms with Gasteiger partial charge >= 0.3 is 0 Å². The molecular formula is C10H20N2O2. The predicted octanol–water partition coefficient (Wildman–Crippen LogP) is -0.977. The number of aliphatic hydroxyl groups is 2. The zero-order valence-electron chi connectivity index (χ0n) is 8.52. The molecule has 3 atom stereocenters. The van der Waals surface area contributed by atoms with Gasteiger partial charge in [0, 0.05) is 25.7 Å². The Morgan fingerprint density at radius 3 is 3.00 bits per heavy atom. The number of nitrogens with zero attached hydrogens (tertiary/aromatic N) is 1. The first-order chi connectivity index (χ1) is 6.79. The number of likely N-dealkylation sites (tertiary alicyclic amines) is 1. The maximum Gasteiger partial charge on any atom is 0.0897 e. The summed E-state index contributed by atoms with van der Waals surface area (Å²) in [6.45, 7) is 3.73. The van der Waals surface area contributed by atoms with E-state index in [-0.39, 0.29) is 6.61 Å². The standard InChI is InChI=1S/C10H20N2O2/c13-7-9(14)5-12-4-8-2-1-3-11-10(8)6-12/h8-11,13-14H,1-7H2. The van der Waals surface area contributed by atoms with Gasteiger partial charge in [0.1, 0.15) is 0 Å². The Labute approximate surface area is 84.9 Å². The van der Waals surface area contributed by atoms with E-state index in [9.17, 15) is 5.11 Å². The maximum atomic E-state index is 9.34. The van der Waals surface area contributed by atoms with Gasteiger partial charge in [-0.2, -0.15) is 0 Å². The lowest BCUT2D eigenvalue weighted by molar-refractivity contribution is 0.0648. The molecule has 82 valence electrons. The third-order valence-electron chi connectivity index (χ3n) is 3.35. The number of hydrogen-bond acceptors (Lipinski definition) is 4. The third-order valence-corrected chi connectivity index (χ3v) is 3.35. The third kappa shape index (κ3) is 2.25. The van der Waals surface area contributed by atoms with E-state index in [4.69, 9.17) is 5.11 Å². The number of rotatable bonds is 3. The lowest BCUT2D eigenvalue weighted by atomic mass is 9.94. The van der Waals surface area contributed by atoms with Crippen molar-refractivity contribution in [3.8, 4) is 0 Å². The minimum Gasteiger partial charge on any atom is -0.394 e. The SMILES string of the molecule is OCC(O)CN1CC2CCCNC2C1. The monoisotopic (exact) mass is 200 g/mol. The van der Waals surface area contributed by atoms with Crippen LogP contribution in [0.3, 0.4) is 0 Å². The summed E-state index contributed by atoms with van der Waals surface area (Å²) in [6, 6.07) is 0.620. The molecule has 4 heteroatoms. The highest BCUT2D eigenvalue weighted by atomic mass is 16.3. The van der Waals surface area contributed by atoms with Crippen molar-refractivity contribution in [2.75, 3.05) is 32.8 Å². The molecule has 0 spiro atoms. The minimum absolute atomic E-state index is 0.126. The Morgan fingerprint density at radius 1 is 1.43 bits per heavy atom. The van der Waals surface area contributed by atoms with Crippen molar-refractivity contribution >= 4 is 0 Å². The van der Waals surface area contributed by atoms with Crippen molar-refractivity contribution in [2.24, 2.45) is 5.92 Å². The van der Waals surface area contributed by atoms with E-state index < -0.39 is 6.10 Å². The first kappa shape index (κ1) is 10.4. The quantitative estimate of drug-likeness (QED) is 0.548. The van der Waals surface area contributed by atoms with Crippen LogP contribution in [-0.4, -0.2) is 60.0 Å². The first-order valence-corrected chi connectivity index (χ1v) is 5.54. The van der Waals surface area contributed by atoms with E-state index >= 15 is 0 Å². The summed E-state index contributed by atoms with van der Waals surface area (Å²) in [4.78, 5) is 2.26. The number of aliphatic hydroxyl groups excluding tert-OH is 2. The van der Waals surface area contributed by atoms with Crippen LogP contribution < -0.4 is 5.32 Å². The van der Waals surface area contributed by atoms with Crippen molar-refractivity contribution < 1.29 is 10.2 Å². The number of β-amino-alcohol motifs (C(OH)–C–C–N with tert-alkyl or cyclic N) is 1. The Hall–Kier alpha value is -0.160. The van der Waals surface area contributed by atoms with Crippen LogP contribution in [0.5, 0.6) is 0 Å². The summed E-state index contributed by atoms with van der Waals surface area (Å²) in [5, 5.41) is 21.6. The second kappa shape index (κ2) is 4.57. The fourth-order valence-corrected chi connectivity index (χ4v) is 2.64. The number of piperidine rings is 1. The first-order valence-electron chi connectivity index (χ1n) is 5.54. The molecule has 2 rings (SSSR count). The van der Waals surface area contributed by atoms with Crippen LogP contribution in [0.15, 0.2) is 0 Å². The summed E-state index contributed by atoms with van der Waals surface area (Å²) in [5.41, 5.74) is 0. The highest BCUT2D eigenvalue weighted by Crippen LogP contribution is 2.24. The zero-order chi connectivity index (χ0) is 9.97. The zero-order valence-corrected chi connectivity index (χ0v) is 8.52. The van der Waals surface area contributed by atoms with Crippen molar-refractivity contribution in [1.82, 2.24) is 10.2 Å². The molecule has 4 nitrogen and oxygen atoms in total. The summed E-state index contributed by atoms with van der Waals surface area (Å²) in [5.74, 6) is 0.759. The summed E-state index contributed by atoms with van der Waals surface area (Å²) < 4.78 is 0. The van der Waals surface area contributed by atoms with Gasteiger partial charge in [-0.05, 0) is 25.3 Å². The molecule has 14 heavy (non-hydrogen) atoms. The summed E-state index contributed by atoms with van der Waals surface area (Å²) >= 11 is 0. The molecule has 0 aliphatic carbocycles. The number of hydrogen-bond donors (Lipinski definition) is 3. The van der Waals surface area contributed by atoms with Gasteiger partial charge < -0.3 is 15.5 Å².